The molecule has 10 nitrogen and oxygen atoms in total. The van der Waals surface area contributed by atoms with Gasteiger partial charge in [0.05, 0.1) is 37.4 Å². The molecule has 3 aromatic rings. The Kier molecular flexibility index (Phi) is 10.7. The number of sulfonamides is 1. The highest BCUT2D eigenvalue weighted by Gasteiger charge is 2.44. The zero-order valence-corrected chi connectivity index (χ0v) is 25.3. The summed E-state index contributed by atoms with van der Waals surface area (Å²) in [7, 11) is -2.50. The van der Waals surface area contributed by atoms with Crippen LogP contribution >= 0.6 is 0 Å². The standard InChI is InChI=1S/C30H31F4N5O5S/c1-38(30(41)44-2)28(27(18-4-6-20(31)7-5-18)19-12-21(32)14-22(33)13-19)29(40)37-26-17-36-16-25(34)24(26)9-8-23-15-35-10-11-39(23)45(3,42)43/h4-7,12-14,16-17,23,27-28,35H,1,8-11,15H2,2-3H3/p+1. The van der Waals surface area contributed by atoms with E-state index in [-0.39, 0.29) is 41.8 Å². The fourth-order valence-electron chi connectivity index (χ4n) is 5.45. The van der Waals surface area contributed by atoms with Crippen molar-refractivity contribution < 1.29 is 44.9 Å². The fraction of sp³-hybridized carbons (Fsp3) is 0.333. The molecule has 2 amide bonds. The number of methoxy groups -OCH3 is 1. The molecule has 1 aliphatic rings. The molecule has 4 rings (SSSR count). The Balaban J connectivity index is 1.74. The van der Waals surface area contributed by atoms with Crippen molar-refractivity contribution in [1.29, 1.82) is 0 Å². The second-order valence-corrected chi connectivity index (χ2v) is 12.5. The molecular formula is C30H32F4N5O5S+. The van der Waals surface area contributed by atoms with Crippen molar-refractivity contribution in [3.05, 3.63) is 94.8 Å². The Morgan fingerprint density at radius 1 is 1.09 bits per heavy atom. The number of aromatic nitrogens is 1. The Bertz CT molecular complexity index is 1670. The van der Waals surface area contributed by atoms with Gasteiger partial charge in [-0.1, -0.05) is 12.1 Å². The number of nitrogens with zero attached hydrogens (tertiary/aromatic N) is 3. The van der Waals surface area contributed by atoms with Crippen molar-refractivity contribution in [3.63, 3.8) is 0 Å². The van der Waals surface area contributed by atoms with Gasteiger partial charge in [0.25, 0.3) is 11.9 Å². The number of amides is 2. The zero-order chi connectivity index (χ0) is 32.9. The molecule has 3 unspecified atom stereocenters. The minimum absolute atomic E-state index is 0.00537. The lowest BCUT2D eigenvalue weighted by Crippen LogP contribution is -2.53. The summed E-state index contributed by atoms with van der Waals surface area (Å²) in [5.41, 5.74) is 0.0450. The molecule has 0 saturated carbocycles. The topological polar surface area (TPSA) is 121 Å². The Labute approximate surface area is 257 Å². The number of piperazine rings is 1. The lowest BCUT2D eigenvalue weighted by molar-refractivity contribution is -0.467. The monoisotopic (exact) mass is 650 g/mol. The molecule has 0 bridgehead atoms. The number of halogens is 4. The van der Waals surface area contributed by atoms with E-state index in [9.17, 15) is 31.2 Å². The number of carbonyl (C=O) groups is 2. The van der Waals surface area contributed by atoms with E-state index in [1.54, 1.807) is 0 Å². The highest BCUT2D eigenvalue weighted by molar-refractivity contribution is 7.88. The van der Waals surface area contributed by atoms with E-state index in [0.29, 0.717) is 23.7 Å². The van der Waals surface area contributed by atoms with Crippen LogP contribution in [-0.2, 0) is 26.0 Å². The molecule has 1 aliphatic heterocycles. The number of hydrogen-bond acceptors (Lipinski definition) is 7. The van der Waals surface area contributed by atoms with Crippen molar-refractivity contribution in [3.8, 4) is 0 Å². The zero-order valence-electron chi connectivity index (χ0n) is 24.5. The second kappa shape index (κ2) is 14.3. The van der Waals surface area contributed by atoms with E-state index >= 15 is 4.39 Å². The van der Waals surface area contributed by atoms with Crippen LogP contribution in [0.2, 0.25) is 0 Å². The summed E-state index contributed by atoms with van der Waals surface area (Å²) in [6.45, 7) is 4.69. The molecule has 0 radical (unpaired) electrons. The maximum atomic E-state index is 15.2. The first kappa shape index (κ1) is 33.7. The van der Waals surface area contributed by atoms with E-state index in [0.717, 1.165) is 43.8 Å². The first-order valence-electron chi connectivity index (χ1n) is 13.8. The summed E-state index contributed by atoms with van der Waals surface area (Å²) in [6.07, 6.45) is 2.32. The summed E-state index contributed by atoms with van der Waals surface area (Å²) < 4.78 is 89.3. The third-order valence-corrected chi connectivity index (χ3v) is 8.85. The minimum Gasteiger partial charge on any atom is -0.415 e. The number of benzene rings is 2. The van der Waals surface area contributed by atoms with Crippen LogP contribution in [-0.4, -0.2) is 86.1 Å². The van der Waals surface area contributed by atoms with Gasteiger partial charge in [-0.05, 0) is 48.2 Å². The number of carbonyl (C=O) groups excluding carboxylic acids is 2. The third-order valence-electron chi connectivity index (χ3n) is 7.51. The molecule has 45 heavy (non-hydrogen) atoms. The number of rotatable bonds is 10. The maximum absolute atomic E-state index is 15.2. The van der Waals surface area contributed by atoms with Gasteiger partial charge in [0, 0.05) is 37.3 Å². The van der Waals surface area contributed by atoms with E-state index < -0.39 is 63.3 Å². The third kappa shape index (κ3) is 8.09. The maximum Gasteiger partial charge on any atom is 0.596 e. The van der Waals surface area contributed by atoms with Crippen molar-refractivity contribution in [1.82, 2.24) is 14.6 Å². The van der Waals surface area contributed by atoms with Crippen molar-refractivity contribution >= 4 is 34.4 Å². The molecule has 1 fully saturated rings. The van der Waals surface area contributed by atoms with Gasteiger partial charge in [0.1, 0.15) is 30.0 Å². The molecule has 1 saturated heterocycles. The van der Waals surface area contributed by atoms with Crippen molar-refractivity contribution in [2.24, 2.45) is 0 Å². The average Bonchev–Trinajstić information content (AvgIpc) is 2.98. The quantitative estimate of drug-likeness (QED) is 0.196. The SMILES string of the molecule is C=[N+](C(=O)OC)C(C(=O)Nc1cncc(F)c1CCC1CNCCN1S(C)(=O)=O)C(c1ccc(F)cc1)c1cc(F)cc(F)c1. The summed E-state index contributed by atoms with van der Waals surface area (Å²) in [5.74, 6) is -5.61. The molecule has 0 aliphatic carbocycles. The minimum atomic E-state index is -3.54. The highest BCUT2D eigenvalue weighted by Crippen LogP contribution is 2.33. The van der Waals surface area contributed by atoms with Crippen LogP contribution < -0.4 is 10.6 Å². The summed E-state index contributed by atoms with van der Waals surface area (Å²) in [4.78, 5) is 30.6. The number of pyridine rings is 1. The summed E-state index contributed by atoms with van der Waals surface area (Å²) in [5, 5.41) is 5.68. The van der Waals surface area contributed by atoms with Gasteiger partial charge >= 0.3 is 6.09 Å². The van der Waals surface area contributed by atoms with Gasteiger partial charge in [-0.3, -0.25) is 9.78 Å². The molecule has 2 heterocycles. The normalized spacial score (nSPS) is 16.9. The second-order valence-electron chi connectivity index (χ2n) is 10.5. The van der Waals surface area contributed by atoms with Gasteiger partial charge in [-0.2, -0.15) is 9.10 Å². The average molecular weight is 651 g/mol. The molecule has 0 spiro atoms. The Hall–Kier alpha value is -4.21. The summed E-state index contributed by atoms with van der Waals surface area (Å²) >= 11 is 0. The number of anilines is 1. The van der Waals surface area contributed by atoms with Crippen LogP contribution in [0.5, 0.6) is 0 Å². The van der Waals surface area contributed by atoms with Crippen molar-refractivity contribution in [2.45, 2.75) is 30.8 Å². The van der Waals surface area contributed by atoms with Gasteiger partial charge < -0.3 is 15.4 Å². The van der Waals surface area contributed by atoms with Crippen molar-refractivity contribution in [2.75, 3.05) is 38.3 Å². The van der Waals surface area contributed by atoms with Gasteiger partial charge in [-0.15, -0.1) is 4.58 Å². The van der Waals surface area contributed by atoms with Gasteiger partial charge in [-0.25, -0.2) is 26.0 Å². The van der Waals surface area contributed by atoms with E-state index in [1.807, 2.05) is 0 Å². The Morgan fingerprint density at radius 3 is 2.38 bits per heavy atom. The number of ether oxygens (including phenoxy) is 1. The van der Waals surface area contributed by atoms with E-state index in [1.165, 1.54) is 22.6 Å². The molecule has 240 valence electrons. The highest BCUT2D eigenvalue weighted by atomic mass is 32.2. The molecule has 2 N–H and O–H groups in total. The number of nitrogens with one attached hydrogen (secondary N) is 2. The predicted molar refractivity (Wildman–Crippen MR) is 158 cm³/mol. The number of hydrogen-bond donors (Lipinski definition) is 2. The predicted octanol–water partition coefficient (Wildman–Crippen LogP) is 3.42. The van der Waals surface area contributed by atoms with Crippen LogP contribution in [0.4, 0.5) is 28.0 Å². The fourth-order valence-corrected chi connectivity index (χ4v) is 6.60. The molecular weight excluding hydrogens is 618 g/mol. The van der Waals surface area contributed by atoms with Crippen LogP contribution in [0, 0.1) is 23.3 Å². The van der Waals surface area contributed by atoms with Gasteiger partial charge in [0.15, 0.2) is 0 Å². The smallest absolute Gasteiger partial charge is 0.415 e. The van der Waals surface area contributed by atoms with Crippen LogP contribution in [0.25, 0.3) is 0 Å². The molecule has 2 aromatic carbocycles. The molecule has 15 heteroatoms. The molecule has 1 aromatic heterocycles. The van der Waals surface area contributed by atoms with Crippen LogP contribution in [0.15, 0.2) is 54.9 Å². The van der Waals surface area contributed by atoms with Crippen LogP contribution in [0.1, 0.15) is 29.0 Å². The van der Waals surface area contributed by atoms with Crippen LogP contribution in [0.3, 0.4) is 0 Å². The first-order valence-corrected chi connectivity index (χ1v) is 15.6. The van der Waals surface area contributed by atoms with E-state index in [2.05, 4.69) is 22.3 Å². The van der Waals surface area contributed by atoms with Gasteiger partial charge in [0.2, 0.25) is 10.0 Å². The largest absolute Gasteiger partial charge is 0.596 e. The first-order chi connectivity index (χ1) is 21.3. The van der Waals surface area contributed by atoms with E-state index in [4.69, 9.17) is 4.74 Å². The lowest BCUT2D eigenvalue weighted by Gasteiger charge is -2.34. The summed E-state index contributed by atoms with van der Waals surface area (Å²) in [6, 6.07) is 5.12. The Morgan fingerprint density at radius 2 is 1.76 bits per heavy atom. The molecule has 3 atom stereocenters. The lowest BCUT2D eigenvalue weighted by atomic mass is 9.84.